The number of hydrogen-bond acceptors (Lipinski definition) is 4. The summed E-state index contributed by atoms with van der Waals surface area (Å²) < 4.78 is 16.7. The number of hydrogen-bond donors (Lipinski definition) is 0. The zero-order valence-electron chi connectivity index (χ0n) is 3.73. The van der Waals surface area contributed by atoms with Crippen molar-refractivity contribution in [1.82, 2.24) is 0 Å². The molecule has 0 saturated heterocycles. The van der Waals surface area contributed by atoms with Crippen molar-refractivity contribution in [2.45, 2.75) is 0 Å². The van der Waals surface area contributed by atoms with Gasteiger partial charge < -0.3 is 15.3 Å². The maximum atomic E-state index is 8.35. The van der Waals surface area contributed by atoms with E-state index in [-0.39, 0.29) is 54.4 Å². The normalized spacial score (nSPS) is 5.25. The Balaban J connectivity index is -0.0000000160. The van der Waals surface area contributed by atoms with Crippen LogP contribution in [0.4, 0.5) is 0 Å². The fourth-order valence-corrected chi connectivity index (χ4v) is 0. The Morgan fingerprint density at radius 2 is 1.00 bits per heavy atom. The molecule has 0 saturated carbocycles. The predicted octanol–water partition coefficient (Wildman–Crippen LogP) is -2.10. The van der Waals surface area contributed by atoms with Gasteiger partial charge in [0.25, 0.3) is 0 Å². The third-order valence-corrected chi connectivity index (χ3v) is 0. The fourth-order valence-electron chi connectivity index (χ4n) is 0. The molecule has 0 aromatic rings. The summed E-state index contributed by atoms with van der Waals surface area (Å²) in [6.45, 7) is 0. The summed E-state index contributed by atoms with van der Waals surface area (Å²) in [4.78, 5) is 16.7. The SMILES string of the molecule is O.O=P[O-].O=P[O-].[Ba+2]. The van der Waals surface area contributed by atoms with Crippen molar-refractivity contribution in [2.75, 3.05) is 0 Å². The largest absolute Gasteiger partial charge is 2.00 e. The van der Waals surface area contributed by atoms with Gasteiger partial charge in [0.15, 0.2) is 0 Å². The van der Waals surface area contributed by atoms with E-state index in [9.17, 15) is 0 Å². The Morgan fingerprint density at radius 1 is 1.00 bits per heavy atom. The molecule has 0 aliphatic heterocycles. The Morgan fingerprint density at radius 3 is 1.00 bits per heavy atom. The molecule has 0 aliphatic carbocycles. The molecular weight excluding hydrogens is 279 g/mol. The fraction of sp³-hybridized carbons (Fsp3) is 0. The Hall–Kier alpha value is 1.65. The van der Waals surface area contributed by atoms with Crippen molar-refractivity contribution in [3.63, 3.8) is 0 Å². The van der Waals surface area contributed by atoms with Crippen LogP contribution in [-0.2, 0) is 9.13 Å². The van der Waals surface area contributed by atoms with Crippen LogP contribution in [0.2, 0.25) is 0 Å². The van der Waals surface area contributed by atoms with E-state index in [2.05, 4.69) is 0 Å². The molecule has 0 fully saturated rings. The van der Waals surface area contributed by atoms with Gasteiger partial charge in [0.2, 0.25) is 0 Å². The molecule has 8 heteroatoms. The monoisotopic (exact) mass is 282 g/mol. The molecule has 0 atom stereocenters. The molecule has 5 nitrogen and oxygen atoms in total. The van der Waals surface area contributed by atoms with Gasteiger partial charge >= 0.3 is 48.9 Å². The van der Waals surface area contributed by atoms with E-state index >= 15 is 0 Å². The van der Waals surface area contributed by atoms with Crippen LogP contribution in [0.1, 0.15) is 0 Å². The maximum Gasteiger partial charge on any atom is 2.00 e. The van der Waals surface area contributed by atoms with E-state index in [1.807, 2.05) is 0 Å². The second kappa shape index (κ2) is 38.0. The van der Waals surface area contributed by atoms with Crippen LogP contribution in [0.15, 0.2) is 0 Å². The van der Waals surface area contributed by atoms with Gasteiger partial charge in [-0.3, -0.25) is 9.13 Å². The van der Waals surface area contributed by atoms with Crippen molar-refractivity contribution in [3.05, 3.63) is 0 Å². The summed E-state index contributed by atoms with van der Waals surface area (Å²) in [5.41, 5.74) is 0. The molecule has 0 amide bonds. The summed E-state index contributed by atoms with van der Waals surface area (Å²) >= 11 is 0. The first-order chi connectivity index (χ1) is 2.83. The van der Waals surface area contributed by atoms with E-state index in [0.29, 0.717) is 0 Å². The predicted molar refractivity (Wildman–Crippen MR) is 24.6 cm³/mol. The van der Waals surface area contributed by atoms with E-state index in [1.165, 1.54) is 0 Å². The molecule has 0 radical (unpaired) electrons. The molecule has 0 aliphatic rings. The average molecular weight is 281 g/mol. The Labute approximate surface area is 89.4 Å². The zero-order chi connectivity index (χ0) is 5.41. The quantitative estimate of drug-likeness (QED) is 0.374. The Bertz CT molecular complexity index is 31.4. The van der Waals surface area contributed by atoms with E-state index in [0.717, 1.165) is 0 Å². The van der Waals surface area contributed by atoms with Crippen molar-refractivity contribution < 1.29 is 24.4 Å². The molecule has 0 heterocycles. The minimum Gasteiger partial charge on any atom is -0.772 e. The van der Waals surface area contributed by atoms with Gasteiger partial charge in [-0.25, -0.2) is 0 Å². The minimum absolute atomic E-state index is 0. The minimum atomic E-state index is -1.08. The second-order valence-electron chi connectivity index (χ2n) is 0.149. The summed E-state index contributed by atoms with van der Waals surface area (Å²) in [6.07, 6.45) is 0. The smallest absolute Gasteiger partial charge is 0.772 e. The third-order valence-electron chi connectivity index (χ3n) is 0. The van der Waals surface area contributed by atoms with Gasteiger partial charge in [0.1, 0.15) is 0 Å². The van der Waals surface area contributed by atoms with Crippen molar-refractivity contribution in [2.24, 2.45) is 0 Å². The molecule has 0 rings (SSSR count). The topological polar surface area (TPSA) is 112 Å². The van der Waals surface area contributed by atoms with Crippen LogP contribution in [0.25, 0.3) is 0 Å². The third kappa shape index (κ3) is 124. The van der Waals surface area contributed by atoms with Crippen LogP contribution in [0, 0.1) is 0 Å². The molecule has 0 unspecified atom stereocenters. The Kier molecular flexibility index (Phi) is 107. The van der Waals surface area contributed by atoms with Crippen molar-refractivity contribution in [1.29, 1.82) is 0 Å². The van der Waals surface area contributed by atoms with Crippen LogP contribution < -0.4 is 9.79 Å². The van der Waals surface area contributed by atoms with Crippen LogP contribution >= 0.6 is 17.4 Å². The van der Waals surface area contributed by atoms with E-state index in [1.54, 1.807) is 0 Å². The van der Waals surface area contributed by atoms with Crippen molar-refractivity contribution in [3.8, 4) is 0 Å². The first-order valence-electron chi connectivity index (χ1n) is 0.730. The molecule has 0 aromatic carbocycles. The van der Waals surface area contributed by atoms with Gasteiger partial charge in [-0.05, 0) is 0 Å². The van der Waals surface area contributed by atoms with Crippen LogP contribution in [0.3, 0.4) is 0 Å². The molecular formula is H2BaO5P2. The first-order valence-corrected chi connectivity index (χ1v) is 2.19. The van der Waals surface area contributed by atoms with Gasteiger partial charge in [0, 0.05) is 0 Å². The summed E-state index contributed by atoms with van der Waals surface area (Å²) in [7, 11) is -2.17. The molecule has 2 N–H and O–H groups in total. The summed E-state index contributed by atoms with van der Waals surface area (Å²) in [5.74, 6) is 0. The van der Waals surface area contributed by atoms with Gasteiger partial charge in [-0.2, -0.15) is 0 Å². The molecule has 0 spiro atoms. The van der Waals surface area contributed by atoms with Crippen molar-refractivity contribution >= 4 is 66.3 Å². The van der Waals surface area contributed by atoms with Crippen LogP contribution in [-0.4, -0.2) is 54.4 Å². The summed E-state index contributed by atoms with van der Waals surface area (Å²) in [5, 5.41) is 0. The molecule has 0 aromatic heterocycles. The second-order valence-corrected chi connectivity index (χ2v) is 0.447. The van der Waals surface area contributed by atoms with Crippen LogP contribution in [0.5, 0.6) is 0 Å². The number of rotatable bonds is 0. The molecule has 44 valence electrons. The summed E-state index contributed by atoms with van der Waals surface area (Å²) in [6, 6.07) is 0. The van der Waals surface area contributed by atoms with E-state index in [4.69, 9.17) is 18.9 Å². The molecule has 0 bridgehead atoms. The van der Waals surface area contributed by atoms with Gasteiger partial charge in [0.05, 0.1) is 17.4 Å². The maximum absolute atomic E-state index is 8.35. The van der Waals surface area contributed by atoms with E-state index < -0.39 is 17.4 Å². The molecule has 8 heavy (non-hydrogen) atoms. The van der Waals surface area contributed by atoms with Gasteiger partial charge in [-0.15, -0.1) is 0 Å². The standard InChI is InChI=1S/Ba.2HO2P.H2O/c;2*1-3-2;/h;2*(H,1,2);1H2/q+2;;;/p-2. The first kappa shape index (κ1) is 22.6. The van der Waals surface area contributed by atoms with Gasteiger partial charge in [-0.1, -0.05) is 0 Å². The zero-order valence-corrected chi connectivity index (χ0v) is 9.96. The average Bonchev–Trinajstić information content (AvgIpc) is 1.39.